The first kappa shape index (κ1) is 13.0. The van der Waals surface area contributed by atoms with Crippen LogP contribution in [0.3, 0.4) is 0 Å². The Labute approximate surface area is 84.3 Å². The lowest BCUT2D eigenvalue weighted by molar-refractivity contribution is 0.371. The molecule has 1 heteroatoms. The van der Waals surface area contributed by atoms with E-state index in [1.165, 1.54) is 25.7 Å². The zero-order chi connectivity index (χ0) is 10.3. The lowest BCUT2D eigenvalue weighted by Crippen LogP contribution is -2.20. The van der Waals surface area contributed by atoms with Crippen LogP contribution in [-0.4, -0.2) is 13.1 Å². The highest BCUT2D eigenvalue weighted by Gasteiger charge is 2.06. The lowest BCUT2D eigenvalue weighted by atomic mass is 9.92. The molecule has 2 unspecified atom stereocenters. The van der Waals surface area contributed by atoms with Crippen molar-refractivity contribution in [3.63, 3.8) is 0 Å². The average Bonchev–Trinajstić information content (AvgIpc) is 2.11. The minimum atomic E-state index is 0.689. The summed E-state index contributed by atoms with van der Waals surface area (Å²) in [5.74, 6) is 1.74. The van der Waals surface area contributed by atoms with Crippen molar-refractivity contribution in [3.05, 3.63) is 0 Å². The summed E-state index contributed by atoms with van der Waals surface area (Å²) in [5.41, 5.74) is 0. The van der Waals surface area contributed by atoms with Crippen LogP contribution in [0.2, 0.25) is 0 Å². The van der Waals surface area contributed by atoms with Gasteiger partial charge in [-0.3, -0.25) is 0 Å². The molecule has 0 aromatic heterocycles. The van der Waals surface area contributed by atoms with Crippen molar-refractivity contribution in [3.8, 4) is 0 Å². The van der Waals surface area contributed by atoms with Crippen molar-refractivity contribution >= 4 is 0 Å². The lowest BCUT2D eigenvalue weighted by Gasteiger charge is -2.15. The smallest absolute Gasteiger partial charge is 0.00357 e. The first-order valence-electron chi connectivity index (χ1n) is 5.75. The SMILES string of the molecule is CNC(C)CCCCC(C)C(C)C. The fourth-order valence-electron chi connectivity index (χ4n) is 1.39. The van der Waals surface area contributed by atoms with Crippen molar-refractivity contribution in [2.75, 3.05) is 7.05 Å². The van der Waals surface area contributed by atoms with Crippen LogP contribution in [0.25, 0.3) is 0 Å². The highest BCUT2D eigenvalue weighted by atomic mass is 14.8. The number of unbranched alkanes of at least 4 members (excludes halogenated alkanes) is 1. The van der Waals surface area contributed by atoms with Gasteiger partial charge in [0, 0.05) is 6.04 Å². The van der Waals surface area contributed by atoms with Crippen LogP contribution in [0, 0.1) is 11.8 Å². The fraction of sp³-hybridized carbons (Fsp3) is 1.00. The van der Waals surface area contributed by atoms with Gasteiger partial charge in [-0.2, -0.15) is 0 Å². The maximum absolute atomic E-state index is 3.28. The van der Waals surface area contributed by atoms with Gasteiger partial charge < -0.3 is 5.32 Å². The maximum Gasteiger partial charge on any atom is 0.00357 e. The summed E-state index contributed by atoms with van der Waals surface area (Å²) < 4.78 is 0. The number of hydrogen-bond acceptors (Lipinski definition) is 1. The molecule has 0 aliphatic heterocycles. The molecule has 13 heavy (non-hydrogen) atoms. The highest BCUT2D eigenvalue weighted by Crippen LogP contribution is 2.17. The van der Waals surface area contributed by atoms with Gasteiger partial charge in [0.05, 0.1) is 0 Å². The van der Waals surface area contributed by atoms with Crippen LogP contribution >= 0.6 is 0 Å². The quantitative estimate of drug-likeness (QED) is 0.599. The summed E-state index contributed by atoms with van der Waals surface area (Å²) in [6.07, 6.45) is 5.49. The van der Waals surface area contributed by atoms with Crippen LogP contribution in [0.1, 0.15) is 53.4 Å². The minimum Gasteiger partial charge on any atom is -0.317 e. The Bertz CT molecular complexity index is 110. The van der Waals surface area contributed by atoms with Crippen LogP contribution < -0.4 is 5.32 Å². The Morgan fingerprint density at radius 2 is 1.46 bits per heavy atom. The summed E-state index contributed by atoms with van der Waals surface area (Å²) in [5, 5.41) is 3.28. The second kappa shape index (κ2) is 7.37. The minimum absolute atomic E-state index is 0.689. The Balaban J connectivity index is 3.25. The van der Waals surface area contributed by atoms with Crippen LogP contribution in [0.5, 0.6) is 0 Å². The largest absolute Gasteiger partial charge is 0.317 e. The summed E-state index contributed by atoms with van der Waals surface area (Å²) >= 11 is 0. The van der Waals surface area contributed by atoms with Crippen molar-refractivity contribution in [1.82, 2.24) is 5.32 Å². The molecular weight excluding hydrogens is 158 g/mol. The van der Waals surface area contributed by atoms with Gasteiger partial charge in [-0.05, 0) is 32.2 Å². The molecule has 0 bridgehead atoms. The Morgan fingerprint density at radius 3 is 1.92 bits per heavy atom. The molecular formula is C12H27N. The molecule has 2 atom stereocenters. The van der Waals surface area contributed by atoms with Gasteiger partial charge in [-0.15, -0.1) is 0 Å². The number of rotatable bonds is 7. The van der Waals surface area contributed by atoms with E-state index >= 15 is 0 Å². The fourth-order valence-corrected chi connectivity index (χ4v) is 1.39. The Morgan fingerprint density at radius 1 is 0.923 bits per heavy atom. The van der Waals surface area contributed by atoms with Crippen molar-refractivity contribution in [1.29, 1.82) is 0 Å². The second-order valence-corrected chi connectivity index (χ2v) is 4.70. The number of hydrogen-bond donors (Lipinski definition) is 1. The van der Waals surface area contributed by atoms with Gasteiger partial charge >= 0.3 is 0 Å². The summed E-state index contributed by atoms with van der Waals surface area (Å²) in [7, 11) is 2.04. The zero-order valence-electron chi connectivity index (χ0n) is 10.1. The number of nitrogens with one attached hydrogen (secondary N) is 1. The molecule has 0 fully saturated rings. The monoisotopic (exact) mass is 185 g/mol. The Hall–Kier alpha value is -0.0400. The van der Waals surface area contributed by atoms with Gasteiger partial charge in [-0.25, -0.2) is 0 Å². The van der Waals surface area contributed by atoms with Gasteiger partial charge in [0.25, 0.3) is 0 Å². The molecule has 0 spiro atoms. The first-order valence-corrected chi connectivity index (χ1v) is 5.75. The van der Waals surface area contributed by atoms with Gasteiger partial charge in [-0.1, -0.05) is 40.0 Å². The van der Waals surface area contributed by atoms with E-state index in [9.17, 15) is 0 Å². The molecule has 1 N–H and O–H groups in total. The molecule has 0 saturated heterocycles. The van der Waals surface area contributed by atoms with Gasteiger partial charge in [0.2, 0.25) is 0 Å². The third-order valence-corrected chi connectivity index (χ3v) is 3.18. The maximum atomic E-state index is 3.28. The predicted octanol–water partition coefficient (Wildman–Crippen LogP) is 3.45. The molecule has 80 valence electrons. The van der Waals surface area contributed by atoms with Gasteiger partial charge in [0.1, 0.15) is 0 Å². The van der Waals surface area contributed by atoms with E-state index in [1.54, 1.807) is 0 Å². The molecule has 0 saturated carbocycles. The van der Waals surface area contributed by atoms with Crippen molar-refractivity contribution < 1.29 is 0 Å². The third-order valence-electron chi connectivity index (χ3n) is 3.18. The van der Waals surface area contributed by atoms with E-state index in [1.807, 2.05) is 7.05 Å². The van der Waals surface area contributed by atoms with Crippen molar-refractivity contribution in [2.24, 2.45) is 11.8 Å². The normalized spacial score (nSPS) is 16.2. The molecule has 0 aromatic carbocycles. The molecule has 0 amide bonds. The summed E-state index contributed by atoms with van der Waals surface area (Å²) in [4.78, 5) is 0. The van der Waals surface area contributed by atoms with Crippen LogP contribution in [0.4, 0.5) is 0 Å². The first-order chi connectivity index (χ1) is 6.07. The zero-order valence-corrected chi connectivity index (χ0v) is 10.1. The van der Waals surface area contributed by atoms with Crippen LogP contribution in [0.15, 0.2) is 0 Å². The molecule has 0 aliphatic rings. The highest BCUT2D eigenvalue weighted by molar-refractivity contribution is 4.60. The summed E-state index contributed by atoms with van der Waals surface area (Å²) in [6, 6.07) is 0.689. The predicted molar refractivity (Wildman–Crippen MR) is 61.0 cm³/mol. The molecule has 0 aliphatic carbocycles. The van der Waals surface area contributed by atoms with E-state index < -0.39 is 0 Å². The standard InChI is InChI=1S/C12H27N/c1-10(2)11(3)8-6-7-9-12(4)13-5/h10-13H,6-9H2,1-5H3. The van der Waals surface area contributed by atoms with E-state index in [0.29, 0.717) is 6.04 Å². The topological polar surface area (TPSA) is 12.0 Å². The average molecular weight is 185 g/mol. The molecule has 0 radical (unpaired) electrons. The third kappa shape index (κ3) is 7.06. The van der Waals surface area contributed by atoms with E-state index in [-0.39, 0.29) is 0 Å². The second-order valence-electron chi connectivity index (χ2n) is 4.70. The van der Waals surface area contributed by atoms with E-state index in [4.69, 9.17) is 0 Å². The molecule has 0 aromatic rings. The van der Waals surface area contributed by atoms with E-state index in [2.05, 4.69) is 33.0 Å². The van der Waals surface area contributed by atoms with Crippen LogP contribution in [-0.2, 0) is 0 Å². The van der Waals surface area contributed by atoms with E-state index in [0.717, 1.165) is 11.8 Å². The van der Waals surface area contributed by atoms with Gasteiger partial charge in [0.15, 0.2) is 0 Å². The molecule has 0 rings (SSSR count). The molecule has 1 nitrogen and oxygen atoms in total. The Kier molecular flexibility index (Phi) is 7.35. The molecule has 0 heterocycles. The summed E-state index contributed by atoms with van der Waals surface area (Å²) in [6.45, 7) is 9.26. The van der Waals surface area contributed by atoms with Crippen molar-refractivity contribution in [2.45, 2.75) is 59.4 Å².